The molecule has 2 fully saturated rings. The van der Waals surface area contributed by atoms with E-state index in [1.165, 1.54) is 4.90 Å². The Labute approximate surface area is 157 Å². The van der Waals surface area contributed by atoms with E-state index in [-0.39, 0.29) is 17.9 Å². The maximum atomic E-state index is 12.4. The summed E-state index contributed by atoms with van der Waals surface area (Å²) >= 11 is 0. The highest BCUT2D eigenvalue weighted by Gasteiger charge is 2.33. The van der Waals surface area contributed by atoms with E-state index in [1.54, 1.807) is 12.3 Å². The fourth-order valence-corrected chi connectivity index (χ4v) is 3.76. The second-order valence-electron chi connectivity index (χ2n) is 7.38. The molecule has 1 aromatic rings. The Hall–Kier alpha value is -1.83. The van der Waals surface area contributed by atoms with Crippen molar-refractivity contribution < 1.29 is 22.7 Å². The van der Waals surface area contributed by atoms with Gasteiger partial charge in [0.25, 0.3) is 0 Å². The summed E-state index contributed by atoms with van der Waals surface area (Å²) < 4.78 is 43.3. The third-order valence-electron chi connectivity index (χ3n) is 5.24. The van der Waals surface area contributed by atoms with E-state index in [0.717, 1.165) is 31.2 Å². The topological polar surface area (TPSA) is 54.5 Å². The molecule has 0 bridgehead atoms. The molecule has 1 saturated heterocycles. The maximum absolute atomic E-state index is 12.4. The van der Waals surface area contributed by atoms with Crippen LogP contribution in [-0.2, 0) is 11.3 Å². The van der Waals surface area contributed by atoms with Crippen molar-refractivity contribution in [3.63, 3.8) is 0 Å². The lowest BCUT2D eigenvalue weighted by molar-refractivity contribution is -0.149. The summed E-state index contributed by atoms with van der Waals surface area (Å²) in [6.45, 7) is -0.00254. The first-order valence-electron chi connectivity index (χ1n) is 9.58. The van der Waals surface area contributed by atoms with Crippen LogP contribution >= 0.6 is 0 Å². The Kier molecular flexibility index (Phi) is 6.57. The van der Waals surface area contributed by atoms with Crippen LogP contribution in [0.4, 0.5) is 13.2 Å². The van der Waals surface area contributed by atoms with Gasteiger partial charge in [0.1, 0.15) is 6.10 Å². The zero-order chi connectivity index (χ0) is 19.3. The fraction of sp³-hybridized carbons (Fsp3) is 0.684. The molecule has 0 spiro atoms. The van der Waals surface area contributed by atoms with Gasteiger partial charge in [-0.3, -0.25) is 9.69 Å². The van der Waals surface area contributed by atoms with E-state index < -0.39 is 12.7 Å². The van der Waals surface area contributed by atoms with Gasteiger partial charge in [0.15, 0.2) is 0 Å². The van der Waals surface area contributed by atoms with Crippen molar-refractivity contribution >= 4 is 5.91 Å². The summed E-state index contributed by atoms with van der Waals surface area (Å²) in [5.74, 6) is 0.201. The Balaban J connectivity index is 1.47. The molecule has 2 aliphatic rings. The maximum Gasteiger partial charge on any atom is 0.401 e. The number of carbonyl (C=O) groups excluding carboxylic acids is 1. The van der Waals surface area contributed by atoms with Crippen molar-refractivity contribution in [2.75, 3.05) is 19.6 Å². The number of likely N-dealkylation sites (tertiary alicyclic amines) is 1. The van der Waals surface area contributed by atoms with E-state index in [1.807, 2.05) is 6.07 Å². The van der Waals surface area contributed by atoms with Crippen molar-refractivity contribution in [1.29, 1.82) is 0 Å². The van der Waals surface area contributed by atoms with Gasteiger partial charge in [-0.1, -0.05) is 6.07 Å². The SMILES string of the molecule is O=C(NCc1cccnc1OC1CCCC1)C1CCN(CC(F)(F)F)CC1. The normalized spacial score (nSPS) is 20.0. The van der Waals surface area contributed by atoms with Crippen LogP contribution < -0.4 is 10.1 Å². The Morgan fingerprint density at radius 1 is 1.22 bits per heavy atom. The molecule has 1 aliphatic heterocycles. The molecule has 0 atom stereocenters. The molecular formula is C19H26F3N3O2. The summed E-state index contributed by atoms with van der Waals surface area (Å²) in [5, 5.41) is 2.90. The van der Waals surface area contributed by atoms with Crippen molar-refractivity contribution in [2.45, 2.75) is 57.3 Å². The van der Waals surface area contributed by atoms with Crippen molar-refractivity contribution in [3.05, 3.63) is 23.9 Å². The van der Waals surface area contributed by atoms with Crippen LogP contribution in [0, 0.1) is 5.92 Å². The highest BCUT2D eigenvalue weighted by atomic mass is 19.4. The molecule has 1 amide bonds. The smallest absolute Gasteiger partial charge is 0.401 e. The number of alkyl halides is 3. The second kappa shape index (κ2) is 8.91. The molecule has 27 heavy (non-hydrogen) atoms. The molecule has 8 heteroatoms. The zero-order valence-electron chi connectivity index (χ0n) is 15.3. The molecule has 1 saturated carbocycles. The molecule has 5 nitrogen and oxygen atoms in total. The van der Waals surface area contributed by atoms with E-state index in [2.05, 4.69) is 10.3 Å². The number of hydrogen-bond acceptors (Lipinski definition) is 4. The number of aromatic nitrogens is 1. The summed E-state index contributed by atoms with van der Waals surface area (Å²) in [6, 6.07) is 3.68. The van der Waals surface area contributed by atoms with E-state index >= 15 is 0 Å². The molecule has 0 unspecified atom stereocenters. The molecule has 150 valence electrons. The highest BCUT2D eigenvalue weighted by Crippen LogP contribution is 2.26. The van der Waals surface area contributed by atoms with Gasteiger partial charge in [0, 0.05) is 24.2 Å². The highest BCUT2D eigenvalue weighted by molar-refractivity contribution is 5.78. The Morgan fingerprint density at radius 3 is 2.59 bits per heavy atom. The number of nitrogens with one attached hydrogen (secondary N) is 1. The first kappa shape index (κ1) is 19.9. The third kappa shape index (κ3) is 6.09. The molecule has 1 aliphatic carbocycles. The van der Waals surface area contributed by atoms with Gasteiger partial charge in [-0.25, -0.2) is 4.98 Å². The minimum absolute atomic E-state index is 0.114. The lowest BCUT2D eigenvalue weighted by Crippen LogP contribution is -2.43. The summed E-state index contributed by atoms with van der Waals surface area (Å²) in [5.41, 5.74) is 0.826. The average Bonchev–Trinajstić information content (AvgIpc) is 3.13. The summed E-state index contributed by atoms with van der Waals surface area (Å²) in [4.78, 5) is 18.1. The lowest BCUT2D eigenvalue weighted by atomic mass is 9.96. The first-order chi connectivity index (χ1) is 12.9. The Bertz CT molecular complexity index is 625. The van der Waals surface area contributed by atoms with Gasteiger partial charge in [-0.15, -0.1) is 0 Å². The number of pyridine rings is 1. The van der Waals surface area contributed by atoms with Crippen molar-refractivity contribution in [1.82, 2.24) is 15.2 Å². The molecule has 0 radical (unpaired) electrons. The number of amides is 1. The quantitative estimate of drug-likeness (QED) is 0.817. The average molecular weight is 385 g/mol. The molecular weight excluding hydrogens is 359 g/mol. The first-order valence-corrected chi connectivity index (χ1v) is 9.58. The van der Waals surface area contributed by atoms with Crippen LogP contribution in [0.5, 0.6) is 5.88 Å². The van der Waals surface area contributed by atoms with Gasteiger partial charge in [0.05, 0.1) is 6.54 Å². The van der Waals surface area contributed by atoms with Gasteiger partial charge >= 0.3 is 6.18 Å². The predicted octanol–water partition coefficient (Wildman–Crippen LogP) is 3.29. The number of ether oxygens (including phenoxy) is 1. The van der Waals surface area contributed by atoms with Gasteiger partial charge in [-0.05, 0) is 57.7 Å². The predicted molar refractivity (Wildman–Crippen MR) is 94.2 cm³/mol. The molecule has 0 aromatic carbocycles. The minimum atomic E-state index is -4.19. The third-order valence-corrected chi connectivity index (χ3v) is 5.24. The number of halogens is 3. The van der Waals surface area contributed by atoms with E-state index in [9.17, 15) is 18.0 Å². The minimum Gasteiger partial charge on any atom is -0.474 e. The van der Waals surface area contributed by atoms with Crippen LogP contribution in [0.1, 0.15) is 44.1 Å². The second-order valence-corrected chi connectivity index (χ2v) is 7.38. The number of rotatable bonds is 6. The van der Waals surface area contributed by atoms with Crippen LogP contribution in [0.2, 0.25) is 0 Å². The molecule has 3 rings (SSSR count). The number of hydrogen-bond donors (Lipinski definition) is 1. The van der Waals surface area contributed by atoms with Crippen LogP contribution in [0.25, 0.3) is 0 Å². The van der Waals surface area contributed by atoms with Crippen LogP contribution in [0.3, 0.4) is 0 Å². The monoisotopic (exact) mass is 385 g/mol. The number of piperidine rings is 1. The fourth-order valence-electron chi connectivity index (χ4n) is 3.76. The molecule has 2 heterocycles. The largest absolute Gasteiger partial charge is 0.474 e. The van der Waals surface area contributed by atoms with Crippen LogP contribution in [0.15, 0.2) is 18.3 Å². The molecule has 1 aromatic heterocycles. The van der Waals surface area contributed by atoms with E-state index in [4.69, 9.17) is 4.74 Å². The Morgan fingerprint density at radius 2 is 1.93 bits per heavy atom. The summed E-state index contributed by atoms with van der Waals surface area (Å²) in [7, 11) is 0. The number of carbonyl (C=O) groups is 1. The van der Waals surface area contributed by atoms with Gasteiger partial charge < -0.3 is 10.1 Å². The standard InChI is InChI=1S/C19H26F3N3O2/c20-19(21,22)13-25-10-7-14(8-11-25)17(26)24-12-15-4-3-9-23-18(15)27-16-5-1-2-6-16/h3-4,9,14,16H,1-2,5-8,10-13H2,(H,24,26). The zero-order valence-corrected chi connectivity index (χ0v) is 15.3. The van der Waals surface area contributed by atoms with Crippen molar-refractivity contribution in [2.24, 2.45) is 5.92 Å². The van der Waals surface area contributed by atoms with Crippen LogP contribution in [-0.4, -0.2) is 47.7 Å². The van der Waals surface area contributed by atoms with Gasteiger partial charge in [-0.2, -0.15) is 13.2 Å². The van der Waals surface area contributed by atoms with Crippen molar-refractivity contribution in [3.8, 4) is 5.88 Å². The number of nitrogens with zero attached hydrogens (tertiary/aromatic N) is 2. The lowest BCUT2D eigenvalue weighted by Gasteiger charge is -2.31. The molecule has 1 N–H and O–H groups in total. The van der Waals surface area contributed by atoms with E-state index in [0.29, 0.717) is 38.4 Å². The van der Waals surface area contributed by atoms with Gasteiger partial charge in [0.2, 0.25) is 11.8 Å². The summed E-state index contributed by atoms with van der Waals surface area (Å²) in [6.07, 6.45) is 2.94.